The van der Waals surface area contributed by atoms with E-state index in [1.54, 1.807) is 12.4 Å². The minimum atomic E-state index is -1.10. The number of anilines is 2. The second-order valence-electron chi connectivity index (χ2n) is 9.24. The number of fused-ring (bicyclic) bond motifs is 2. The van der Waals surface area contributed by atoms with Gasteiger partial charge in [-0.15, -0.1) is 0 Å². The molecule has 31 heavy (non-hydrogen) atoms. The Kier molecular flexibility index (Phi) is 4.70. The van der Waals surface area contributed by atoms with Crippen LogP contribution in [0.4, 0.5) is 11.8 Å². The lowest BCUT2D eigenvalue weighted by Crippen LogP contribution is -2.49. The lowest BCUT2D eigenvalue weighted by molar-refractivity contribution is 0.143. The fraction of sp³-hybridized carbons (Fsp3) is 0.619. The lowest BCUT2D eigenvalue weighted by atomic mass is 9.77. The molecule has 0 radical (unpaired) electrons. The number of hydrogen-bond donors (Lipinski definition) is 2. The van der Waals surface area contributed by atoms with Crippen LogP contribution < -0.4 is 10.2 Å². The molecule has 2 N–H and O–H groups in total. The molecule has 0 amide bonds. The molecule has 0 spiro atoms. The van der Waals surface area contributed by atoms with Crippen LogP contribution >= 0.6 is 11.6 Å². The average Bonchev–Trinajstić information content (AvgIpc) is 3.23. The third-order valence-corrected chi connectivity index (χ3v) is 9.05. The van der Waals surface area contributed by atoms with E-state index in [4.69, 9.17) is 21.6 Å². The van der Waals surface area contributed by atoms with E-state index in [1.807, 2.05) is 0 Å². The number of aliphatic hydroxyl groups excluding tert-OH is 1. The van der Waals surface area contributed by atoms with Gasteiger partial charge in [-0.05, 0) is 43.9 Å². The summed E-state index contributed by atoms with van der Waals surface area (Å²) in [6.45, 7) is 1.80. The smallest absolute Gasteiger partial charge is 0.227 e. The van der Waals surface area contributed by atoms with Crippen LogP contribution in [-0.4, -0.2) is 60.2 Å². The van der Waals surface area contributed by atoms with E-state index < -0.39 is 10.8 Å². The molecule has 2 unspecified atom stereocenters. The van der Waals surface area contributed by atoms with Gasteiger partial charge in [0.1, 0.15) is 16.5 Å². The molecule has 4 aliphatic rings. The Morgan fingerprint density at radius 2 is 1.94 bits per heavy atom. The quantitative estimate of drug-likeness (QED) is 0.699. The van der Waals surface area contributed by atoms with Crippen molar-refractivity contribution >= 4 is 34.2 Å². The maximum atomic E-state index is 12.8. The number of nitrogens with zero attached hydrogens (tertiary/aromatic N) is 5. The van der Waals surface area contributed by atoms with Gasteiger partial charge in [0.15, 0.2) is 0 Å². The van der Waals surface area contributed by atoms with Gasteiger partial charge in [0.25, 0.3) is 0 Å². The predicted molar refractivity (Wildman–Crippen MR) is 118 cm³/mol. The predicted octanol–water partition coefficient (Wildman–Crippen LogP) is 2.15. The molecule has 3 fully saturated rings. The van der Waals surface area contributed by atoms with E-state index in [1.165, 1.54) is 0 Å². The highest BCUT2D eigenvalue weighted by atomic mass is 35.5. The number of halogens is 1. The Morgan fingerprint density at radius 1 is 1.19 bits per heavy atom. The van der Waals surface area contributed by atoms with E-state index in [9.17, 15) is 9.32 Å². The highest BCUT2D eigenvalue weighted by molar-refractivity contribution is 7.85. The van der Waals surface area contributed by atoms with Gasteiger partial charge in [-0.3, -0.25) is 4.21 Å². The summed E-state index contributed by atoms with van der Waals surface area (Å²) < 4.78 is 12.8. The normalized spacial score (nSPS) is 30.3. The zero-order valence-corrected chi connectivity index (χ0v) is 18.7. The van der Waals surface area contributed by atoms with Crippen molar-refractivity contribution in [2.75, 3.05) is 35.7 Å². The van der Waals surface area contributed by atoms with Gasteiger partial charge < -0.3 is 15.3 Å². The fourth-order valence-electron chi connectivity index (χ4n) is 5.34. The summed E-state index contributed by atoms with van der Waals surface area (Å²) >= 11 is 5.92. The van der Waals surface area contributed by atoms with Gasteiger partial charge in [0.2, 0.25) is 5.95 Å². The van der Waals surface area contributed by atoms with Crippen LogP contribution in [0, 0.1) is 11.8 Å². The van der Waals surface area contributed by atoms with Crippen LogP contribution in [0.5, 0.6) is 0 Å². The van der Waals surface area contributed by atoms with Crippen molar-refractivity contribution in [2.45, 2.75) is 48.5 Å². The summed E-state index contributed by atoms with van der Waals surface area (Å²) in [5.41, 5.74) is 0.549. The standard InChI is InChI=1S/C21H25ClN6O2S/c22-12-7-23-18(24-8-12)16-13-9-28(10-14(13)16)20-25-15-3-1-6-31(30)17(15)19(26-20)27-21(11-29)4-2-5-21/h7-8,13-14,16,29H,1-6,9-11H2,(H,25,26,27)/t13?,14?,16?,31-/m1/s1. The Bertz CT molecular complexity index is 1030. The molecule has 8 nitrogen and oxygen atoms in total. The first-order valence-corrected chi connectivity index (χ1v) is 12.7. The number of rotatable bonds is 5. The van der Waals surface area contributed by atoms with Gasteiger partial charge in [-0.2, -0.15) is 4.98 Å². The van der Waals surface area contributed by atoms with Crippen molar-refractivity contribution in [2.24, 2.45) is 11.8 Å². The van der Waals surface area contributed by atoms with Crippen LogP contribution in [-0.2, 0) is 17.2 Å². The first-order valence-electron chi connectivity index (χ1n) is 11.0. The van der Waals surface area contributed by atoms with Crippen molar-refractivity contribution in [3.05, 3.63) is 28.9 Å². The molecule has 1 saturated heterocycles. The van der Waals surface area contributed by atoms with Gasteiger partial charge in [0.05, 0.1) is 33.7 Å². The van der Waals surface area contributed by atoms with Crippen LogP contribution in [0.2, 0.25) is 5.02 Å². The van der Waals surface area contributed by atoms with Crippen molar-refractivity contribution in [3.63, 3.8) is 0 Å². The third kappa shape index (κ3) is 3.32. The van der Waals surface area contributed by atoms with Crippen LogP contribution in [0.3, 0.4) is 0 Å². The number of piperidine rings is 1. The lowest BCUT2D eigenvalue weighted by Gasteiger charge is -2.42. The molecule has 2 aliphatic carbocycles. The second kappa shape index (κ2) is 7.35. The minimum Gasteiger partial charge on any atom is -0.394 e. The molecule has 2 saturated carbocycles. The number of nitrogens with one attached hydrogen (secondary N) is 1. The summed E-state index contributed by atoms with van der Waals surface area (Å²) in [6.07, 6.45) is 7.92. The van der Waals surface area contributed by atoms with E-state index in [0.717, 1.165) is 61.6 Å². The van der Waals surface area contributed by atoms with Gasteiger partial charge in [-0.25, -0.2) is 15.0 Å². The van der Waals surface area contributed by atoms with Crippen LogP contribution in [0.15, 0.2) is 17.3 Å². The third-order valence-electron chi connectivity index (χ3n) is 7.31. The monoisotopic (exact) mass is 460 g/mol. The van der Waals surface area contributed by atoms with Gasteiger partial charge in [0, 0.05) is 37.2 Å². The molecule has 6 rings (SSSR count). The molecule has 0 aromatic carbocycles. The van der Waals surface area contributed by atoms with E-state index in [0.29, 0.717) is 40.3 Å². The number of aliphatic hydroxyl groups is 1. The number of aromatic nitrogens is 4. The highest BCUT2D eigenvalue weighted by Gasteiger charge is 2.58. The molecule has 0 bridgehead atoms. The molecule has 4 heterocycles. The van der Waals surface area contributed by atoms with E-state index >= 15 is 0 Å². The fourth-order valence-corrected chi connectivity index (χ4v) is 6.77. The summed E-state index contributed by atoms with van der Waals surface area (Å²) in [4.78, 5) is 21.5. The van der Waals surface area contributed by atoms with Crippen LogP contribution in [0.25, 0.3) is 0 Å². The largest absolute Gasteiger partial charge is 0.394 e. The molecular weight excluding hydrogens is 436 g/mol. The zero-order valence-electron chi connectivity index (χ0n) is 17.1. The molecular formula is C21H25ClN6O2S. The highest BCUT2D eigenvalue weighted by Crippen LogP contribution is 2.57. The Balaban J connectivity index is 1.26. The minimum absolute atomic E-state index is 0.0599. The second-order valence-corrected chi connectivity index (χ2v) is 11.2. The van der Waals surface area contributed by atoms with Crippen molar-refractivity contribution < 1.29 is 9.32 Å². The van der Waals surface area contributed by atoms with Gasteiger partial charge >= 0.3 is 0 Å². The maximum absolute atomic E-state index is 12.8. The first kappa shape index (κ1) is 19.8. The van der Waals surface area contributed by atoms with Crippen molar-refractivity contribution in [1.29, 1.82) is 0 Å². The molecule has 164 valence electrons. The van der Waals surface area contributed by atoms with Gasteiger partial charge in [-0.1, -0.05) is 11.6 Å². The molecule has 2 aliphatic heterocycles. The topological polar surface area (TPSA) is 104 Å². The molecule has 10 heteroatoms. The zero-order chi connectivity index (χ0) is 21.2. The molecule has 2 aromatic heterocycles. The maximum Gasteiger partial charge on any atom is 0.227 e. The van der Waals surface area contributed by atoms with Crippen molar-refractivity contribution in [3.8, 4) is 0 Å². The van der Waals surface area contributed by atoms with Crippen molar-refractivity contribution in [1.82, 2.24) is 19.9 Å². The Labute approximate surface area is 188 Å². The van der Waals surface area contributed by atoms with E-state index in [-0.39, 0.29) is 12.1 Å². The molecule has 3 atom stereocenters. The number of aryl methyl sites for hydroxylation is 1. The van der Waals surface area contributed by atoms with E-state index in [2.05, 4.69) is 20.2 Å². The first-order chi connectivity index (χ1) is 15.1. The molecule has 2 aromatic rings. The summed E-state index contributed by atoms with van der Waals surface area (Å²) in [6, 6.07) is 0. The summed E-state index contributed by atoms with van der Waals surface area (Å²) in [5.74, 6) is 4.26. The SMILES string of the molecule is O=[S@@]1CCCc2nc(N3CC4C(C3)C4c3ncc(Cl)cn3)nc(NC3(CO)CCC3)c21. The Hall–Kier alpha value is -1.84. The summed E-state index contributed by atoms with van der Waals surface area (Å²) in [7, 11) is -1.10. The van der Waals surface area contributed by atoms with Crippen LogP contribution in [0.1, 0.15) is 43.1 Å². The number of hydrogen-bond acceptors (Lipinski definition) is 8. The Morgan fingerprint density at radius 3 is 2.58 bits per heavy atom. The summed E-state index contributed by atoms with van der Waals surface area (Å²) in [5, 5.41) is 14.0. The average molecular weight is 461 g/mol.